The summed E-state index contributed by atoms with van der Waals surface area (Å²) in [6, 6.07) is 13.8. The number of para-hydroxylation sites is 1. The van der Waals surface area contributed by atoms with Crippen molar-refractivity contribution in [1.29, 1.82) is 0 Å². The number of anilines is 1. The van der Waals surface area contributed by atoms with Crippen molar-refractivity contribution in [3.63, 3.8) is 0 Å². The molecule has 3 aromatic rings. The molecule has 1 aromatic heterocycles. The van der Waals surface area contributed by atoms with Crippen molar-refractivity contribution in [3.05, 3.63) is 65.9 Å². The highest BCUT2D eigenvalue weighted by Crippen LogP contribution is 2.19. The van der Waals surface area contributed by atoms with E-state index in [1.54, 1.807) is 24.3 Å². The van der Waals surface area contributed by atoms with E-state index < -0.39 is 6.04 Å². The van der Waals surface area contributed by atoms with Crippen LogP contribution in [0.1, 0.15) is 18.1 Å². The number of hydrogen-bond donors (Lipinski definition) is 3. The van der Waals surface area contributed by atoms with Crippen LogP contribution in [0.25, 0.3) is 10.9 Å². The molecule has 0 radical (unpaired) electrons. The number of terminal acetylenes is 1. The van der Waals surface area contributed by atoms with E-state index >= 15 is 0 Å². The number of amides is 3. The molecule has 0 fully saturated rings. The molecule has 0 aliphatic heterocycles. The van der Waals surface area contributed by atoms with Crippen molar-refractivity contribution in [2.75, 3.05) is 18.9 Å². The molecule has 1 unspecified atom stereocenters. The lowest BCUT2D eigenvalue weighted by Gasteiger charge is -2.24. The number of likely N-dealkylation sites (N-methyl/N-ethyl adjacent to an activating group) is 1. The molecule has 2 aromatic carbocycles. The minimum atomic E-state index is -0.792. The summed E-state index contributed by atoms with van der Waals surface area (Å²) in [6.07, 6.45) is 7.52. The maximum Gasteiger partial charge on any atom is 0.245 e. The normalized spacial score (nSPS) is 11.4. The van der Waals surface area contributed by atoms with Crippen molar-refractivity contribution in [2.24, 2.45) is 0 Å². The van der Waals surface area contributed by atoms with Gasteiger partial charge in [-0.2, -0.15) is 0 Å². The molecule has 1 heterocycles. The number of nitrogens with one attached hydrogen (secondary N) is 3. The standard InChI is InChI=1S/C24H24N4O3/c1-4-17-8-7-9-19(12-17)27-23(30)15-28(3)24(31)22(26-16(2)29)13-18-14-25-21-11-6-5-10-20(18)21/h1,5-12,14,22,25H,13,15H2,2-3H3,(H,26,29)(H,27,30). The number of rotatable bonds is 7. The van der Waals surface area contributed by atoms with E-state index in [4.69, 9.17) is 6.42 Å². The Morgan fingerprint density at radius 3 is 2.68 bits per heavy atom. The fourth-order valence-electron chi connectivity index (χ4n) is 3.41. The molecule has 7 nitrogen and oxygen atoms in total. The van der Waals surface area contributed by atoms with Crippen LogP contribution in [-0.2, 0) is 20.8 Å². The van der Waals surface area contributed by atoms with Crippen LogP contribution >= 0.6 is 0 Å². The fraction of sp³-hybridized carbons (Fsp3) is 0.208. The van der Waals surface area contributed by atoms with Crippen LogP contribution in [0.4, 0.5) is 5.69 Å². The first kappa shape index (κ1) is 21.7. The summed E-state index contributed by atoms with van der Waals surface area (Å²) in [5, 5.41) is 6.42. The lowest BCUT2D eigenvalue weighted by Crippen LogP contribution is -2.49. The zero-order valence-corrected chi connectivity index (χ0v) is 17.4. The third kappa shape index (κ3) is 5.52. The largest absolute Gasteiger partial charge is 0.361 e. The molecule has 1 atom stereocenters. The Morgan fingerprint density at radius 1 is 1.16 bits per heavy atom. The van der Waals surface area contributed by atoms with Gasteiger partial charge in [0.25, 0.3) is 0 Å². The van der Waals surface area contributed by atoms with Crippen LogP contribution in [0, 0.1) is 12.3 Å². The Hall–Kier alpha value is -4.05. The highest BCUT2D eigenvalue weighted by molar-refractivity contribution is 5.96. The predicted molar refractivity (Wildman–Crippen MR) is 120 cm³/mol. The number of benzene rings is 2. The Kier molecular flexibility index (Phi) is 6.73. The topological polar surface area (TPSA) is 94.3 Å². The SMILES string of the molecule is C#Cc1cccc(NC(=O)CN(C)C(=O)C(Cc2c[nH]c3ccccc23)NC(C)=O)c1. The zero-order chi connectivity index (χ0) is 22.4. The Labute approximate surface area is 180 Å². The second kappa shape index (κ2) is 9.63. The number of carbonyl (C=O) groups is 3. The van der Waals surface area contributed by atoms with Gasteiger partial charge in [0.2, 0.25) is 17.7 Å². The first-order valence-corrected chi connectivity index (χ1v) is 9.81. The molecule has 31 heavy (non-hydrogen) atoms. The summed E-state index contributed by atoms with van der Waals surface area (Å²) in [4.78, 5) is 41.6. The highest BCUT2D eigenvalue weighted by Gasteiger charge is 2.25. The highest BCUT2D eigenvalue weighted by atomic mass is 16.2. The number of carbonyl (C=O) groups excluding carboxylic acids is 3. The number of fused-ring (bicyclic) bond motifs is 1. The van der Waals surface area contributed by atoms with Gasteiger partial charge in [-0.05, 0) is 29.8 Å². The van der Waals surface area contributed by atoms with Gasteiger partial charge in [-0.3, -0.25) is 14.4 Å². The third-order valence-electron chi connectivity index (χ3n) is 4.84. The van der Waals surface area contributed by atoms with Gasteiger partial charge in [0.05, 0.1) is 6.54 Å². The molecule has 0 spiro atoms. The van der Waals surface area contributed by atoms with Crippen LogP contribution in [-0.4, -0.2) is 47.2 Å². The Balaban J connectivity index is 1.69. The number of H-pyrrole nitrogens is 1. The summed E-state index contributed by atoms with van der Waals surface area (Å²) >= 11 is 0. The Morgan fingerprint density at radius 2 is 1.94 bits per heavy atom. The first-order valence-electron chi connectivity index (χ1n) is 9.81. The molecule has 3 amide bonds. The van der Waals surface area contributed by atoms with Gasteiger partial charge < -0.3 is 20.5 Å². The van der Waals surface area contributed by atoms with E-state index in [0.29, 0.717) is 17.7 Å². The smallest absolute Gasteiger partial charge is 0.245 e. The minimum absolute atomic E-state index is 0.164. The van der Waals surface area contributed by atoms with Crippen LogP contribution in [0.3, 0.4) is 0 Å². The van der Waals surface area contributed by atoms with E-state index in [9.17, 15) is 14.4 Å². The second-order valence-corrected chi connectivity index (χ2v) is 7.28. The van der Waals surface area contributed by atoms with Gasteiger partial charge in [0.1, 0.15) is 6.04 Å². The first-order chi connectivity index (χ1) is 14.9. The molecule has 158 valence electrons. The molecule has 0 aliphatic carbocycles. The molecule has 0 saturated heterocycles. The number of nitrogens with zero attached hydrogens (tertiary/aromatic N) is 1. The summed E-state index contributed by atoms with van der Waals surface area (Å²) in [7, 11) is 1.53. The molecule has 7 heteroatoms. The quantitative estimate of drug-likeness (QED) is 0.516. The maximum atomic E-state index is 13.0. The van der Waals surface area contributed by atoms with Crippen molar-refractivity contribution in [2.45, 2.75) is 19.4 Å². The van der Waals surface area contributed by atoms with Crippen LogP contribution < -0.4 is 10.6 Å². The number of aromatic nitrogens is 1. The summed E-state index contributed by atoms with van der Waals surface area (Å²) in [5.74, 6) is 1.47. The van der Waals surface area contributed by atoms with Crippen molar-refractivity contribution in [1.82, 2.24) is 15.2 Å². The lowest BCUT2D eigenvalue weighted by atomic mass is 10.0. The van der Waals surface area contributed by atoms with E-state index in [1.807, 2.05) is 30.5 Å². The van der Waals surface area contributed by atoms with E-state index in [0.717, 1.165) is 16.5 Å². The third-order valence-corrected chi connectivity index (χ3v) is 4.84. The molecular weight excluding hydrogens is 392 g/mol. The van der Waals surface area contributed by atoms with Gasteiger partial charge in [0.15, 0.2) is 0 Å². The number of hydrogen-bond acceptors (Lipinski definition) is 3. The van der Waals surface area contributed by atoms with Gasteiger partial charge in [0, 0.05) is 48.7 Å². The van der Waals surface area contributed by atoms with Crippen molar-refractivity contribution in [3.8, 4) is 12.3 Å². The monoisotopic (exact) mass is 416 g/mol. The average Bonchev–Trinajstić information content (AvgIpc) is 3.15. The zero-order valence-electron chi connectivity index (χ0n) is 17.4. The lowest BCUT2D eigenvalue weighted by molar-refractivity contribution is -0.137. The van der Waals surface area contributed by atoms with E-state index in [-0.39, 0.29) is 24.3 Å². The van der Waals surface area contributed by atoms with Crippen molar-refractivity contribution < 1.29 is 14.4 Å². The molecule has 0 aliphatic rings. The molecule has 3 rings (SSSR count). The fourth-order valence-corrected chi connectivity index (χ4v) is 3.41. The summed E-state index contributed by atoms with van der Waals surface area (Å²) in [6.45, 7) is 1.20. The molecule has 0 bridgehead atoms. The summed E-state index contributed by atoms with van der Waals surface area (Å²) < 4.78 is 0. The number of aromatic amines is 1. The Bertz CT molecular complexity index is 1160. The van der Waals surface area contributed by atoms with Gasteiger partial charge in [-0.1, -0.05) is 30.2 Å². The van der Waals surface area contributed by atoms with Gasteiger partial charge >= 0.3 is 0 Å². The van der Waals surface area contributed by atoms with Gasteiger partial charge in [-0.25, -0.2) is 0 Å². The van der Waals surface area contributed by atoms with E-state index in [1.165, 1.54) is 18.9 Å². The summed E-state index contributed by atoms with van der Waals surface area (Å²) in [5.41, 5.74) is 3.06. The maximum absolute atomic E-state index is 13.0. The molecule has 0 saturated carbocycles. The van der Waals surface area contributed by atoms with Crippen LogP contribution in [0.2, 0.25) is 0 Å². The second-order valence-electron chi connectivity index (χ2n) is 7.28. The van der Waals surface area contributed by atoms with Crippen LogP contribution in [0.15, 0.2) is 54.7 Å². The molecular formula is C24H24N4O3. The van der Waals surface area contributed by atoms with E-state index in [2.05, 4.69) is 21.5 Å². The predicted octanol–water partition coefficient (Wildman–Crippen LogP) is 2.29. The minimum Gasteiger partial charge on any atom is -0.361 e. The van der Waals surface area contributed by atoms with Gasteiger partial charge in [-0.15, -0.1) is 6.42 Å². The average molecular weight is 416 g/mol. The van der Waals surface area contributed by atoms with Crippen molar-refractivity contribution >= 4 is 34.3 Å². The van der Waals surface area contributed by atoms with Crippen LogP contribution in [0.5, 0.6) is 0 Å². The molecule has 3 N–H and O–H groups in total.